The average molecular weight is 278 g/mol. The smallest absolute Gasteiger partial charge is 0.126 e. The van der Waals surface area contributed by atoms with Crippen molar-refractivity contribution in [1.82, 2.24) is 4.98 Å². The normalized spacial score (nSPS) is 10.1. The van der Waals surface area contributed by atoms with Gasteiger partial charge in [-0.05, 0) is 29.8 Å². The van der Waals surface area contributed by atoms with Crippen LogP contribution in [0, 0.1) is 0 Å². The van der Waals surface area contributed by atoms with Crippen LogP contribution < -0.4 is 11.1 Å². The molecule has 0 aliphatic carbocycles. The molecular formula is C12H12BrN3. The average Bonchev–Trinajstić information content (AvgIpc) is 2.28. The SMILES string of the molecule is Nc1ccc(NCc2cccc(Br)c2)nc1. The molecule has 1 aromatic heterocycles. The van der Waals surface area contributed by atoms with E-state index in [2.05, 4.69) is 38.4 Å². The summed E-state index contributed by atoms with van der Waals surface area (Å²) in [6.45, 7) is 0.746. The number of pyridine rings is 1. The molecule has 0 fully saturated rings. The Morgan fingerprint density at radius 3 is 2.81 bits per heavy atom. The molecule has 82 valence electrons. The summed E-state index contributed by atoms with van der Waals surface area (Å²) in [6, 6.07) is 11.9. The van der Waals surface area contributed by atoms with Gasteiger partial charge in [-0.1, -0.05) is 28.1 Å². The lowest BCUT2D eigenvalue weighted by atomic mass is 10.2. The zero-order valence-electron chi connectivity index (χ0n) is 8.65. The number of hydrogen-bond donors (Lipinski definition) is 2. The molecule has 4 heteroatoms. The Morgan fingerprint density at radius 2 is 2.12 bits per heavy atom. The van der Waals surface area contributed by atoms with Crippen molar-refractivity contribution in [3.8, 4) is 0 Å². The van der Waals surface area contributed by atoms with Crippen LogP contribution in [0.3, 0.4) is 0 Å². The predicted octanol–water partition coefficient (Wildman–Crippen LogP) is 3.04. The number of aromatic nitrogens is 1. The van der Waals surface area contributed by atoms with Crippen molar-refractivity contribution in [3.63, 3.8) is 0 Å². The molecular weight excluding hydrogens is 266 g/mol. The highest BCUT2D eigenvalue weighted by molar-refractivity contribution is 9.10. The van der Waals surface area contributed by atoms with E-state index in [0.29, 0.717) is 5.69 Å². The summed E-state index contributed by atoms with van der Waals surface area (Å²) in [5.41, 5.74) is 7.43. The maximum absolute atomic E-state index is 5.56. The number of anilines is 2. The minimum absolute atomic E-state index is 0.674. The first-order chi connectivity index (χ1) is 7.74. The van der Waals surface area contributed by atoms with E-state index in [1.54, 1.807) is 6.20 Å². The van der Waals surface area contributed by atoms with Crippen molar-refractivity contribution in [2.45, 2.75) is 6.54 Å². The van der Waals surface area contributed by atoms with Crippen molar-refractivity contribution >= 4 is 27.4 Å². The quantitative estimate of drug-likeness (QED) is 0.907. The summed E-state index contributed by atoms with van der Waals surface area (Å²) in [4.78, 5) is 4.17. The molecule has 0 atom stereocenters. The van der Waals surface area contributed by atoms with Gasteiger partial charge in [0.2, 0.25) is 0 Å². The Bertz CT molecular complexity index is 468. The molecule has 1 heterocycles. The van der Waals surface area contributed by atoms with Gasteiger partial charge in [-0.15, -0.1) is 0 Å². The van der Waals surface area contributed by atoms with Crippen LogP contribution in [0.2, 0.25) is 0 Å². The highest BCUT2D eigenvalue weighted by atomic mass is 79.9. The summed E-state index contributed by atoms with van der Waals surface area (Å²) < 4.78 is 1.08. The lowest BCUT2D eigenvalue weighted by molar-refractivity contribution is 1.11. The molecule has 3 N–H and O–H groups in total. The fraction of sp³-hybridized carbons (Fsp3) is 0.0833. The van der Waals surface area contributed by atoms with Crippen molar-refractivity contribution in [1.29, 1.82) is 0 Å². The third-order valence-electron chi connectivity index (χ3n) is 2.15. The summed E-state index contributed by atoms with van der Waals surface area (Å²) in [5.74, 6) is 0.828. The lowest BCUT2D eigenvalue weighted by Crippen LogP contribution is -2.01. The van der Waals surface area contributed by atoms with Gasteiger partial charge in [0.1, 0.15) is 5.82 Å². The number of halogens is 1. The van der Waals surface area contributed by atoms with Crippen molar-refractivity contribution in [3.05, 3.63) is 52.6 Å². The molecule has 2 aromatic rings. The molecule has 3 nitrogen and oxygen atoms in total. The molecule has 1 aromatic carbocycles. The number of hydrogen-bond acceptors (Lipinski definition) is 3. The molecule has 0 saturated carbocycles. The Kier molecular flexibility index (Phi) is 3.41. The molecule has 0 saturated heterocycles. The number of rotatable bonds is 3. The minimum atomic E-state index is 0.674. The number of nitrogen functional groups attached to an aromatic ring is 1. The number of nitrogens with one attached hydrogen (secondary N) is 1. The highest BCUT2D eigenvalue weighted by Gasteiger charge is 1.95. The van der Waals surface area contributed by atoms with Crippen LogP contribution in [0.4, 0.5) is 11.5 Å². The summed E-state index contributed by atoms with van der Waals surface area (Å²) in [7, 11) is 0. The molecule has 0 radical (unpaired) electrons. The predicted molar refractivity (Wildman–Crippen MR) is 70.1 cm³/mol. The van der Waals surface area contributed by atoms with Gasteiger partial charge in [0, 0.05) is 11.0 Å². The van der Waals surface area contributed by atoms with Crippen molar-refractivity contribution in [2.75, 3.05) is 11.1 Å². The molecule has 2 rings (SSSR count). The van der Waals surface area contributed by atoms with E-state index < -0.39 is 0 Å². The van der Waals surface area contributed by atoms with E-state index in [-0.39, 0.29) is 0 Å². The molecule has 0 spiro atoms. The maximum atomic E-state index is 5.56. The minimum Gasteiger partial charge on any atom is -0.397 e. The third-order valence-corrected chi connectivity index (χ3v) is 2.64. The number of nitrogens with two attached hydrogens (primary N) is 1. The Labute approximate surface area is 103 Å². The van der Waals surface area contributed by atoms with Crippen LogP contribution in [0.15, 0.2) is 47.1 Å². The van der Waals surface area contributed by atoms with Crippen LogP contribution in [-0.4, -0.2) is 4.98 Å². The first kappa shape index (κ1) is 11.0. The van der Waals surface area contributed by atoms with Crippen LogP contribution in [0.5, 0.6) is 0 Å². The van der Waals surface area contributed by atoms with Crippen LogP contribution in [-0.2, 0) is 6.54 Å². The molecule has 0 amide bonds. The monoisotopic (exact) mass is 277 g/mol. The van der Waals surface area contributed by atoms with E-state index in [0.717, 1.165) is 16.8 Å². The van der Waals surface area contributed by atoms with Gasteiger partial charge in [-0.3, -0.25) is 0 Å². The first-order valence-corrected chi connectivity index (χ1v) is 5.73. The van der Waals surface area contributed by atoms with Gasteiger partial charge in [0.15, 0.2) is 0 Å². The number of benzene rings is 1. The summed E-state index contributed by atoms with van der Waals surface area (Å²) >= 11 is 3.44. The van der Waals surface area contributed by atoms with Crippen LogP contribution in [0.1, 0.15) is 5.56 Å². The van der Waals surface area contributed by atoms with Gasteiger partial charge in [0.25, 0.3) is 0 Å². The zero-order chi connectivity index (χ0) is 11.4. The second kappa shape index (κ2) is 4.99. The standard InChI is InChI=1S/C12H12BrN3/c13-10-3-1-2-9(6-10)7-15-12-5-4-11(14)8-16-12/h1-6,8H,7,14H2,(H,15,16). The second-order valence-corrected chi connectivity index (χ2v) is 4.38. The Morgan fingerprint density at radius 1 is 1.25 bits per heavy atom. The van der Waals surface area contributed by atoms with Gasteiger partial charge >= 0.3 is 0 Å². The van der Waals surface area contributed by atoms with Gasteiger partial charge < -0.3 is 11.1 Å². The van der Waals surface area contributed by atoms with Gasteiger partial charge in [-0.25, -0.2) is 4.98 Å². The molecule has 0 aliphatic rings. The molecule has 0 bridgehead atoms. The topological polar surface area (TPSA) is 50.9 Å². The molecule has 16 heavy (non-hydrogen) atoms. The summed E-state index contributed by atoms with van der Waals surface area (Å²) in [5, 5.41) is 3.23. The van der Waals surface area contributed by atoms with Crippen LogP contribution in [0.25, 0.3) is 0 Å². The van der Waals surface area contributed by atoms with E-state index in [1.165, 1.54) is 5.56 Å². The first-order valence-electron chi connectivity index (χ1n) is 4.94. The van der Waals surface area contributed by atoms with E-state index >= 15 is 0 Å². The van der Waals surface area contributed by atoms with E-state index in [9.17, 15) is 0 Å². The number of nitrogens with zero attached hydrogens (tertiary/aromatic N) is 1. The Balaban J connectivity index is 1.99. The molecule has 0 unspecified atom stereocenters. The Hall–Kier alpha value is -1.55. The van der Waals surface area contributed by atoms with Crippen LogP contribution >= 0.6 is 15.9 Å². The molecule has 0 aliphatic heterocycles. The van der Waals surface area contributed by atoms with Gasteiger partial charge in [-0.2, -0.15) is 0 Å². The lowest BCUT2D eigenvalue weighted by Gasteiger charge is -2.06. The van der Waals surface area contributed by atoms with Crippen molar-refractivity contribution in [2.24, 2.45) is 0 Å². The summed E-state index contributed by atoms with van der Waals surface area (Å²) in [6.07, 6.45) is 1.64. The third kappa shape index (κ3) is 2.97. The van der Waals surface area contributed by atoms with Gasteiger partial charge in [0.05, 0.1) is 11.9 Å². The van der Waals surface area contributed by atoms with E-state index in [4.69, 9.17) is 5.73 Å². The van der Waals surface area contributed by atoms with E-state index in [1.807, 2.05) is 24.3 Å². The fourth-order valence-corrected chi connectivity index (χ4v) is 1.80. The zero-order valence-corrected chi connectivity index (χ0v) is 10.2. The second-order valence-electron chi connectivity index (χ2n) is 3.46. The van der Waals surface area contributed by atoms with Crippen molar-refractivity contribution < 1.29 is 0 Å². The largest absolute Gasteiger partial charge is 0.397 e. The highest BCUT2D eigenvalue weighted by Crippen LogP contribution is 2.13. The maximum Gasteiger partial charge on any atom is 0.126 e. The fourth-order valence-electron chi connectivity index (χ4n) is 1.35.